The Morgan fingerprint density at radius 3 is 2.60 bits per heavy atom. The van der Waals surface area contributed by atoms with E-state index in [0.29, 0.717) is 27.3 Å². The van der Waals surface area contributed by atoms with Gasteiger partial charge in [-0.2, -0.15) is 0 Å². The highest BCUT2D eigenvalue weighted by Gasteiger charge is 2.22. The standard InChI is InChI=1S/C27H20Cl2FN5/c1-15-2-4-18(14-31-15)33-22-12-25-27(13-23(22)32-17-5-6-17)35(19-7-8-20(28)21(29)11-19)26-9-3-16(30)10-24(26)34-25/h2-4,7-14,17,33H,5-6H2,1H3. The number of nitrogens with zero attached hydrogens (tertiary/aromatic N) is 4. The normalized spacial score (nSPS) is 14.1. The average molecular weight is 504 g/mol. The van der Waals surface area contributed by atoms with Crippen molar-refractivity contribution in [1.29, 1.82) is 0 Å². The van der Waals surface area contributed by atoms with Gasteiger partial charge in [0.2, 0.25) is 0 Å². The lowest BCUT2D eigenvalue weighted by molar-refractivity contribution is 0.629. The molecule has 35 heavy (non-hydrogen) atoms. The second-order valence-electron chi connectivity index (χ2n) is 8.71. The van der Waals surface area contributed by atoms with Crippen molar-refractivity contribution in [2.24, 2.45) is 4.99 Å². The number of nitrogens with one attached hydrogen (secondary N) is 1. The molecule has 3 aliphatic rings. The minimum Gasteiger partial charge on any atom is -0.352 e. The molecule has 174 valence electrons. The van der Waals surface area contributed by atoms with E-state index in [2.05, 4.69) is 10.3 Å². The van der Waals surface area contributed by atoms with Crippen molar-refractivity contribution in [3.63, 3.8) is 0 Å². The monoisotopic (exact) mass is 503 g/mol. The van der Waals surface area contributed by atoms with Crippen molar-refractivity contribution >= 4 is 45.6 Å². The third kappa shape index (κ3) is 4.35. The van der Waals surface area contributed by atoms with Gasteiger partial charge in [0.15, 0.2) is 0 Å². The molecular formula is C27H20Cl2FN5. The van der Waals surface area contributed by atoms with Crippen molar-refractivity contribution in [2.45, 2.75) is 25.8 Å². The Morgan fingerprint density at radius 2 is 1.86 bits per heavy atom. The average Bonchev–Trinajstić information content (AvgIpc) is 3.65. The van der Waals surface area contributed by atoms with Crippen molar-refractivity contribution in [2.75, 3.05) is 5.32 Å². The van der Waals surface area contributed by atoms with Gasteiger partial charge in [0.25, 0.3) is 0 Å². The molecule has 1 aromatic heterocycles. The van der Waals surface area contributed by atoms with Gasteiger partial charge in [-0.3, -0.25) is 9.98 Å². The molecule has 1 fully saturated rings. The summed E-state index contributed by atoms with van der Waals surface area (Å²) in [4.78, 5) is 14.1. The van der Waals surface area contributed by atoms with Gasteiger partial charge in [0.1, 0.15) is 5.82 Å². The molecule has 0 unspecified atom stereocenters. The molecule has 0 radical (unpaired) electrons. The zero-order valence-corrected chi connectivity index (χ0v) is 20.3. The van der Waals surface area contributed by atoms with E-state index in [1.807, 2.05) is 41.8 Å². The molecule has 2 aliphatic carbocycles. The Bertz CT molecular complexity index is 1620. The lowest BCUT2D eigenvalue weighted by Gasteiger charge is -2.20. The number of aromatic nitrogens is 3. The highest BCUT2D eigenvalue weighted by atomic mass is 35.5. The lowest BCUT2D eigenvalue weighted by Crippen LogP contribution is -2.15. The highest BCUT2D eigenvalue weighted by molar-refractivity contribution is 6.42. The van der Waals surface area contributed by atoms with Crippen molar-refractivity contribution in [3.8, 4) is 17.1 Å². The van der Waals surface area contributed by atoms with Crippen molar-refractivity contribution < 1.29 is 4.39 Å². The van der Waals surface area contributed by atoms with Crippen LogP contribution in [0.25, 0.3) is 28.1 Å². The Hall–Kier alpha value is -3.48. The minimum atomic E-state index is -0.352. The number of aryl methyl sites for hydroxylation is 1. The summed E-state index contributed by atoms with van der Waals surface area (Å²) in [6.07, 6.45) is 3.94. The molecule has 0 atom stereocenters. The maximum Gasteiger partial charge on any atom is 0.125 e. The van der Waals surface area contributed by atoms with Crippen LogP contribution in [0.4, 0.5) is 15.8 Å². The number of rotatable bonds is 4. The smallest absolute Gasteiger partial charge is 0.125 e. The van der Waals surface area contributed by atoms with Crippen LogP contribution < -0.4 is 10.7 Å². The zero-order chi connectivity index (χ0) is 24.1. The lowest BCUT2D eigenvalue weighted by atomic mass is 10.1. The van der Waals surface area contributed by atoms with Crippen LogP contribution in [0.3, 0.4) is 0 Å². The quantitative estimate of drug-likeness (QED) is 0.266. The molecule has 0 bridgehead atoms. The van der Waals surface area contributed by atoms with Crippen LogP contribution in [0.5, 0.6) is 0 Å². The van der Waals surface area contributed by atoms with Crippen LogP contribution in [-0.4, -0.2) is 20.6 Å². The fourth-order valence-electron chi connectivity index (χ4n) is 4.08. The molecule has 5 nitrogen and oxygen atoms in total. The first-order valence-corrected chi connectivity index (χ1v) is 12.1. The summed E-state index contributed by atoms with van der Waals surface area (Å²) in [7, 11) is 0. The fourth-order valence-corrected chi connectivity index (χ4v) is 4.37. The topological polar surface area (TPSA) is 55.1 Å². The maximum absolute atomic E-state index is 14.2. The summed E-state index contributed by atoms with van der Waals surface area (Å²) in [5.74, 6) is -0.352. The van der Waals surface area contributed by atoms with Gasteiger partial charge in [-0.25, -0.2) is 9.37 Å². The number of halogens is 3. The molecule has 1 N–H and O–H groups in total. The summed E-state index contributed by atoms with van der Waals surface area (Å²) in [5.41, 5.74) is 6.20. The van der Waals surface area contributed by atoms with E-state index in [4.69, 9.17) is 33.2 Å². The Kier molecular flexibility index (Phi) is 5.43. The predicted octanol–water partition coefficient (Wildman–Crippen LogP) is 7.09. The molecule has 0 spiro atoms. The molecule has 6 rings (SSSR count). The molecular weight excluding hydrogens is 484 g/mol. The van der Waals surface area contributed by atoms with Gasteiger partial charge in [-0.05, 0) is 74.4 Å². The first-order chi connectivity index (χ1) is 16.9. The van der Waals surface area contributed by atoms with Gasteiger partial charge in [0.05, 0.1) is 61.4 Å². The first kappa shape index (κ1) is 22.0. The van der Waals surface area contributed by atoms with Gasteiger partial charge >= 0.3 is 0 Å². The predicted molar refractivity (Wildman–Crippen MR) is 139 cm³/mol. The number of fused-ring (bicyclic) bond motifs is 2. The van der Waals surface area contributed by atoms with E-state index in [-0.39, 0.29) is 5.82 Å². The van der Waals surface area contributed by atoms with E-state index >= 15 is 0 Å². The highest BCUT2D eigenvalue weighted by Crippen LogP contribution is 2.33. The number of anilines is 2. The fraction of sp³-hybridized carbons (Fsp3) is 0.148. The molecule has 1 saturated carbocycles. The van der Waals surface area contributed by atoms with Gasteiger partial charge in [0, 0.05) is 17.4 Å². The first-order valence-electron chi connectivity index (χ1n) is 11.3. The van der Waals surface area contributed by atoms with Gasteiger partial charge in [-0.1, -0.05) is 23.2 Å². The molecule has 8 heteroatoms. The summed E-state index contributed by atoms with van der Waals surface area (Å²) >= 11 is 12.6. The van der Waals surface area contributed by atoms with Crippen LogP contribution in [0, 0.1) is 12.7 Å². The second-order valence-corrected chi connectivity index (χ2v) is 9.52. The second kappa shape index (κ2) is 8.63. The molecule has 3 aromatic rings. The Morgan fingerprint density at radius 1 is 1.00 bits per heavy atom. The summed E-state index contributed by atoms with van der Waals surface area (Å²) < 4.78 is 16.2. The third-order valence-electron chi connectivity index (χ3n) is 5.97. The van der Waals surface area contributed by atoms with Crippen molar-refractivity contribution in [3.05, 3.63) is 93.8 Å². The minimum absolute atomic E-state index is 0.310. The van der Waals surface area contributed by atoms with Gasteiger partial charge < -0.3 is 9.88 Å². The molecule has 2 aromatic carbocycles. The van der Waals surface area contributed by atoms with E-state index in [1.54, 1.807) is 24.4 Å². The summed E-state index contributed by atoms with van der Waals surface area (Å²) in [5, 5.41) is 5.17. The van der Waals surface area contributed by atoms with E-state index in [0.717, 1.165) is 52.2 Å². The summed E-state index contributed by atoms with van der Waals surface area (Å²) in [6.45, 7) is 1.95. The third-order valence-corrected chi connectivity index (χ3v) is 6.71. The Balaban J connectivity index is 1.64. The van der Waals surface area contributed by atoms with Crippen LogP contribution in [-0.2, 0) is 0 Å². The van der Waals surface area contributed by atoms with Crippen LogP contribution in [0.15, 0.2) is 71.9 Å². The Labute approximate surface area is 211 Å². The number of hydrogen-bond donors (Lipinski definition) is 1. The van der Waals surface area contributed by atoms with Gasteiger partial charge in [-0.15, -0.1) is 0 Å². The molecule has 1 aliphatic heterocycles. The molecule has 0 saturated heterocycles. The van der Waals surface area contributed by atoms with Crippen LogP contribution in [0.2, 0.25) is 10.0 Å². The SMILES string of the molecule is Cc1ccc(Nc2cc3nc4cc(F)ccc4n(-c4ccc(Cl)c(Cl)c4)c-3cc2=NC2CC2)cn1. The number of pyridine rings is 1. The maximum atomic E-state index is 14.2. The van der Waals surface area contributed by atoms with Crippen LogP contribution >= 0.6 is 23.2 Å². The molecule has 2 heterocycles. The molecule has 0 amide bonds. The van der Waals surface area contributed by atoms with Crippen LogP contribution in [0.1, 0.15) is 18.5 Å². The summed E-state index contributed by atoms with van der Waals surface area (Å²) in [6, 6.07) is 18.2. The van der Waals surface area contributed by atoms with E-state index in [1.165, 1.54) is 12.1 Å². The van der Waals surface area contributed by atoms with Crippen molar-refractivity contribution in [1.82, 2.24) is 14.5 Å². The van der Waals surface area contributed by atoms with E-state index in [9.17, 15) is 4.39 Å². The zero-order valence-electron chi connectivity index (χ0n) is 18.8. The number of hydrogen-bond acceptors (Lipinski definition) is 4. The van der Waals surface area contributed by atoms with E-state index < -0.39 is 0 Å². The largest absolute Gasteiger partial charge is 0.352 e. The number of benzene rings is 3.